The van der Waals surface area contributed by atoms with E-state index in [0.717, 1.165) is 5.56 Å². The van der Waals surface area contributed by atoms with E-state index in [-0.39, 0.29) is 11.5 Å². The Bertz CT molecular complexity index is 1410. The van der Waals surface area contributed by atoms with Crippen LogP contribution < -0.4 is 31.7 Å². The highest BCUT2D eigenvalue weighted by Crippen LogP contribution is 2.12. The minimum atomic E-state index is -0.373. The summed E-state index contributed by atoms with van der Waals surface area (Å²) in [5, 5.41) is 3.76. The second-order valence-electron chi connectivity index (χ2n) is 6.99. The highest BCUT2D eigenvalue weighted by molar-refractivity contribution is 5.94. The summed E-state index contributed by atoms with van der Waals surface area (Å²) >= 11 is 0. The number of rotatable bonds is 6. The maximum Gasteiger partial charge on any atom is 0.281 e. The van der Waals surface area contributed by atoms with Gasteiger partial charge in [-0.05, 0) is 30.3 Å². The average Bonchev–Trinajstić information content (AvgIpc) is 3.14. The van der Waals surface area contributed by atoms with Crippen LogP contribution in [0.5, 0.6) is 5.75 Å². The van der Waals surface area contributed by atoms with Crippen LogP contribution in [0.15, 0.2) is 89.7 Å². The van der Waals surface area contributed by atoms with Crippen molar-refractivity contribution < 1.29 is 9.53 Å². The summed E-state index contributed by atoms with van der Waals surface area (Å²) in [6.45, 7) is 4.02. The minimum Gasteiger partial charge on any atom is -0.497 e. The Morgan fingerprint density at radius 1 is 0.906 bits per heavy atom. The summed E-state index contributed by atoms with van der Waals surface area (Å²) in [6, 6.07) is 25.3. The molecule has 0 unspecified atom stereocenters. The molecule has 3 N–H and O–H groups in total. The van der Waals surface area contributed by atoms with Crippen molar-refractivity contribution in [3.8, 4) is 11.4 Å². The molecule has 0 atom stereocenters. The molecule has 160 valence electrons. The molecule has 7 nitrogen and oxygen atoms in total. The number of methoxy groups -OCH3 is 1. The largest absolute Gasteiger partial charge is 0.497 e. The second kappa shape index (κ2) is 9.09. The number of H-pyrrole nitrogens is 1. The molecule has 0 radical (unpaired) electrons. The van der Waals surface area contributed by atoms with Crippen LogP contribution in [0.2, 0.25) is 0 Å². The van der Waals surface area contributed by atoms with Gasteiger partial charge in [-0.2, -0.15) is 0 Å². The molecule has 4 rings (SSSR count). The zero-order valence-corrected chi connectivity index (χ0v) is 17.5. The van der Waals surface area contributed by atoms with Crippen molar-refractivity contribution in [1.82, 2.24) is 20.6 Å². The summed E-state index contributed by atoms with van der Waals surface area (Å²) in [4.78, 5) is 26.0. The number of amides is 1. The number of nitrogens with zero attached hydrogens (tertiary/aromatic N) is 1. The van der Waals surface area contributed by atoms with Crippen molar-refractivity contribution in [2.75, 3.05) is 7.11 Å². The lowest BCUT2D eigenvalue weighted by Gasteiger charge is -2.12. The monoisotopic (exact) mass is 426 g/mol. The van der Waals surface area contributed by atoms with Crippen molar-refractivity contribution >= 4 is 18.2 Å². The van der Waals surface area contributed by atoms with Crippen molar-refractivity contribution in [3.63, 3.8) is 0 Å². The highest BCUT2D eigenvalue weighted by atomic mass is 16.5. The van der Waals surface area contributed by atoms with Crippen LogP contribution in [0.3, 0.4) is 0 Å². The van der Waals surface area contributed by atoms with Gasteiger partial charge >= 0.3 is 0 Å². The third-order valence-electron chi connectivity index (χ3n) is 4.93. The van der Waals surface area contributed by atoms with Gasteiger partial charge < -0.3 is 4.74 Å². The Balaban J connectivity index is 1.78. The van der Waals surface area contributed by atoms with Crippen LogP contribution in [-0.2, 0) is 0 Å². The number of hydrazine groups is 1. The minimum absolute atomic E-state index is 0.289. The van der Waals surface area contributed by atoms with E-state index in [9.17, 15) is 9.59 Å². The topological polar surface area (TPSA) is 88.2 Å². The number of hydrogen-bond donors (Lipinski definition) is 3. The highest BCUT2D eigenvalue weighted by Gasteiger charge is 2.13. The van der Waals surface area contributed by atoms with Gasteiger partial charge in [0.05, 0.1) is 29.1 Å². The first-order valence-electron chi connectivity index (χ1n) is 9.94. The molecule has 0 aliphatic rings. The average molecular weight is 426 g/mol. The Morgan fingerprint density at radius 2 is 1.56 bits per heavy atom. The number of aromatic nitrogens is 2. The molecule has 1 aromatic heterocycles. The lowest BCUT2D eigenvalue weighted by Crippen LogP contribution is -2.45. The summed E-state index contributed by atoms with van der Waals surface area (Å²) in [6.07, 6.45) is 0. The molecule has 1 heterocycles. The van der Waals surface area contributed by atoms with Crippen LogP contribution in [-0.4, -0.2) is 22.8 Å². The van der Waals surface area contributed by atoms with Crippen LogP contribution in [0.4, 0.5) is 0 Å². The van der Waals surface area contributed by atoms with Gasteiger partial charge in [0, 0.05) is 11.1 Å². The third kappa shape index (κ3) is 4.17. The van der Waals surface area contributed by atoms with Gasteiger partial charge in [-0.3, -0.25) is 25.5 Å². The number of carbonyl (C=O) groups is 1. The summed E-state index contributed by atoms with van der Waals surface area (Å²) in [5.41, 5.74) is 7.58. The standard InChI is InChI=1S/C25H22N4O3/c1-17-22(25(31)29(28-17)20-13-7-4-8-14-20)23(18-10-5-3-6-11-18)26-27-24(30)19-12-9-15-21(16-19)32-2/h3-16,26,28H,1H2,2H3,(H,27,30)/b23-22+. The van der Waals surface area contributed by atoms with Gasteiger partial charge in [0.25, 0.3) is 11.5 Å². The maximum atomic E-state index is 13.3. The van der Waals surface area contributed by atoms with E-state index < -0.39 is 0 Å². The molecule has 0 aliphatic carbocycles. The summed E-state index contributed by atoms with van der Waals surface area (Å²) in [5.74, 6) is 0.197. The number of aromatic amines is 1. The van der Waals surface area contributed by atoms with Gasteiger partial charge in [-0.25, -0.2) is 4.68 Å². The molecule has 0 saturated carbocycles. The smallest absolute Gasteiger partial charge is 0.281 e. The fourth-order valence-electron chi connectivity index (χ4n) is 3.34. The fourth-order valence-corrected chi connectivity index (χ4v) is 3.34. The number of benzene rings is 3. The molecule has 4 aromatic rings. The fraction of sp³-hybridized carbons (Fsp3) is 0.0400. The van der Waals surface area contributed by atoms with Gasteiger partial charge in [-0.15, -0.1) is 0 Å². The van der Waals surface area contributed by atoms with Crippen LogP contribution >= 0.6 is 0 Å². The van der Waals surface area contributed by atoms with Gasteiger partial charge in [0.2, 0.25) is 0 Å². The van der Waals surface area contributed by atoms with Crippen LogP contribution in [0.1, 0.15) is 15.9 Å². The predicted octanol–water partition coefficient (Wildman–Crippen LogP) is 1.68. The number of nitrogens with one attached hydrogen (secondary N) is 3. The molecule has 0 fully saturated rings. The Morgan fingerprint density at radius 3 is 2.25 bits per heavy atom. The lowest BCUT2D eigenvalue weighted by molar-refractivity contribution is 0.0942. The zero-order chi connectivity index (χ0) is 22.5. The molecule has 7 heteroatoms. The van der Waals surface area contributed by atoms with Gasteiger partial charge in [-0.1, -0.05) is 61.2 Å². The molecule has 0 aliphatic heterocycles. The SMILES string of the molecule is C=c1[nH]n(-c2ccccc2)c(=O)/c1=C(/NNC(=O)c1cccc(OC)c1)c1ccccc1. The van der Waals surface area contributed by atoms with Gasteiger partial charge in [0.1, 0.15) is 5.75 Å². The van der Waals surface area contributed by atoms with E-state index in [2.05, 4.69) is 22.5 Å². The Kier molecular flexibility index (Phi) is 5.89. The lowest BCUT2D eigenvalue weighted by atomic mass is 10.1. The van der Waals surface area contributed by atoms with E-state index in [1.54, 1.807) is 24.3 Å². The molecule has 1 amide bonds. The molecule has 3 aromatic carbocycles. The molecule has 32 heavy (non-hydrogen) atoms. The normalized spacial score (nSPS) is 11.5. The van der Waals surface area contributed by atoms with E-state index in [1.807, 2.05) is 60.7 Å². The number of ether oxygens (including phenoxy) is 1. The van der Waals surface area contributed by atoms with E-state index in [0.29, 0.717) is 33.3 Å². The quantitative estimate of drug-likeness (QED) is 0.410. The predicted molar refractivity (Wildman–Crippen MR) is 124 cm³/mol. The molecular formula is C25H22N4O3. The van der Waals surface area contributed by atoms with Crippen LogP contribution in [0.25, 0.3) is 18.0 Å². The van der Waals surface area contributed by atoms with E-state index in [1.165, 1.54) is 11.8 Å². The first kappa shape index (κ1) is 20.7. The van der Waals surface area contributed by atoms with E-state index >= 15 is 0 Å². The Labute approximate surface area is 184 Å². The van der Waals surface area contributed by atoms with Crippen molar-refractivity contribution in [2.45, 2.75) is 0 Å². The van der Waals surface area contributed by atoms with Gasteiger partial charge in [0.15, 0.2) is 0 Å². The maximum absolute atomic E-state index is 13.3. The molecule has 0 spiro atoms. The molecule has 0 bridgehead atoms. The first-order chi connectivity index (χ1) is 15.6. The molecular weight excluding hydrogens is 404 g/mol. The number of para-hydroxylation sites is 1. The van der Waals surface area contributed by atoms with Crippen LogP contribution in [0, 0.1) is 0 Å². The zero-order valence-electron chi connectivity index (χ0n) is 17.5. The van der Waals surface area contributed by atoms with Crippen molar-refractivity contribution in [1.29, 1.82) is 0 Å². The van der Waals surface area contributed by atoms with E-state index in [4.69, 9.17) is 4.74 Å². The Hall–Kier alpha value is -4.52. The van der Waals surface area contributed by atoms with Crippen molar-refractivity contribution in [2.24, 2.45) is 0 Å². The molecule has 0 saturated heterocycles. The first-order valence-corrected chi connectivity index (χ1v) is 9.94. The third-order valence-corrected chi connectivity index (χ3v) is 4.93. The summed E-state index contributed by atoms with van der Waals surface area (Å²) < 4.78 is 6.61. The number of hydrogen-bond acceptors (Lipinski definition) is 4. The van der Waals surface area contributed by atoms with Crippen molar-refractivity contribution in [3.05, 3.63) is 117 Å². The number of carbonyl (C=O) groups excluding carboxylic acids is 1. The second-order valence-corrected chi connectivity index (χ2v) is 6.99. The summed E-state index contributed by atoms with van der Waals surface area (Å²) in [7, 11) is 1.54.